The molecule has 8 heteroatoms. The first-order valence-corrected chi connectivity index (χ1v) is 9.46. The third-order valence-electron chi connectivity index (χ3n) is 3.71. The fourth-order valence-electron chi connectivity index (χ4n) is 2.29. The Balaban J connectivity index is 0.00000261. The second-order valence-corrected chi connectivity index (χ2v) is 7.32. The van der Waals surface area contributed by atoms with E-state index in [-0.39, 0.29) is 24.7 Å². The highest BCUT2D eigenvalue weighted by Crippen LogP contribution is 2.16. The number of hydrogen-bond donors (Lipinski definition) is 1. The summed E-state index contributed by atoms with van der Waals surface area (Å²) in [5.41, 5.74) is 2.98. The fourth-order valence-corrected chi connectivity index (χ4v) is 3.47. The van der Waals surface area contributed by atoms with Gasteiger partial charge < -0.3 is 9.88 Å². The molecule has 0 bridgehead atoms. The summed E-state index contributed by atoms with van der Waals surface area (Å²) < 4.78 is 2.93. The van der Waals surface area contributed by atoms with Crippen LogP contribution in [0, 0.1) is 11.3 Å². The number of thiazole rings is 1. The molecular formula is C19H16BrClN4OS. The fraction of sp³-hybridized carbons (Fsp3) is 0.105. The molecule has 0 atom stereocenters. The third kappa shape index (κ3) is 5.54. The highest BCUT2D eigenvalue weighted by Gasteiger charge is 2.09. The molecule has 0 unspecified atom stereocenters. The topological polar surface area (TPSA) is 70.2 Å². The minimum Gasteiger partial charge on any atom is -0.326 e. The lowest BCUT2D eigenvalue weighted by molar-refractivity contribution is -0.115. The standard InChI is InChI=1S/C19H15BrN4OS.ClH/c1-24-17(10-18(25)22-15-6-2-13(11-21)3-7-15)12-26-19(24)23-16-8-4-14(20)5-9-16;/h2-9,12H,10H2,1H3,(H,22,25);1H. The Hall–Kier alpha value is -2.40. The van der Waals surface area contributed by atoms with E-state index in [1.54, 1.807) is 24.3 Å². The van der Waals surface area contributed by atoms with E-state index in [0.29, 0.717) is 11.3 Å². The molecule has 1 amide bonds. The number of carbonyl (C=O) groups excluding carboxylic acids is 1. The van der Waals surface area contributed by atoms with Crippen molar-refractivity contribution in [3.05, 3.63) is 74.4 Å². The van der Waals surface area contributed by atoms with Gasteiger partial charge in [0.05, 0.1) is 23.7 Å². The van der Waals surface area contributed by atoms with E-state index in [1.165, 1.54) is 11.3 Å². The van der Waals surface area contributed by atoms with Crippen molar-refractivity contribution in [1.82, 2.24) is 4.57 Å². The predicted octanol–water partition coefficient (Wildman–Crippen LogP) is 4.56. The molecular weight excluding hydrogens is 448 g/mol. The summed E-state index contributed by atoms with van der Waals surface area (Å²) in [6, 6.07) is 16.6. The van der Waals surface area contributed by atoms with Crippen molar-refractivity contribution in [2.75, 3.05) is 5.32 Å². The minimum absolute atomic E-state index is 0. The molecule has 0 saturated carbocycles. The van der Waals surface area contributed by atoms with Crippen molar-refractivity contribution in [3.8, 4) is 6.07 Å². The molecule has 5 nitrogen and oxygen atoms in total. The minimum atomic E-state index is -0.113. The predicted molar refractivity (Wildman–Crippen MR) is 113 cm³/mol. The van der Waals surface area contributed by atoms with E-state index in [1.807, 2.05) is 41.3 Å². The number of nitrogens with one attached hydrogen (secondary N) is 1. The zero-order valence-corrected chi connectivity index (χ0v) is 17.6. The molecule has 2 aromatic carbocycles. The summed E-state index contributed by atoms with van der Waals surface area (Å²) in [4.78, 5) is 17.7. The van der Waals surface area contributed by atoms with Gasteiger partial charge in [-0.1, -0.05) is 15.9 Å². The van der Waals surface area contributed by atoms with Crippen molar-refractivity contribution in [2.45, 2.75) is 6.42 Å². The molecule has 1 aromatic heterocycles. The summed E-state index contributed by atoms with van der Waals surface area (Å²) in [7, 11) is 1.90. The van der Waals surface area contributed by atoms with Crippen LogP contribution >= 0.6 is 39.7 Å². The van der Waals surface area contributed by atoms with Crippen LogP contribution in [0.15, 0.2) is 63.4 Å². The molecule has 3 aromatic rings. The smallest absolute Gasteiger partial charge is 0.230 e. The number of amides is 1. The summed E-state index contributed by atoms with van der Waals surface area (Å²) in [5, 5.41) is 13.6. The molecule has 138 valence electrons. The van der Waals surface area contributed by atoms with Crippen LogP contribution in [0.3, 0.4) is 0 Å². The van der Waals surface area contributed by atoms with Gasteiger partial charge in [0.2, 0.25) is 5.91 Å². The highest BCUT2D eigenvalue weighted by atomic mass is 79.9. The van der Waals surface area contributed by atoms with Crippen LogP contribution in [0.1, 0.15) is 11.3 Å². The monoisotopic (exact) mass is 462 g/mol. The first-order chi connectivity index (χ1) is 12.5. The Morgan fingerprint density at radius 3 is 2.52 bits per heavy atom. The quantitative estimate of drug-likeness (QED) is 0.616. The highest BCUT2D eigenvalue weighted by molar-refractivity contribution is 9.10. The number of rotatable bonds is 4. The van der Waals surface area contributed by atoms with Gasteiger partial charge >= 0.3 is 0 Å². The maximum Gasteiger partial charge on any atom is 0.230 e. The number of anilines is 1. The molecule has 27 heavy (non-hydrogen) atoms. The normalized spacial score (nSPS) is 10.8. The van der Waals surface area contributed by atoms with E-state index >= 15 is 0 Å². The second kappa shape index (κ2) is 9.51. The van der Waals surface area contributed by atoms with Crippen molar-refractivity contribution in [2.24, 2.45) is 12.0 Å². The summed E-state index contributed by atoms with van der Waals surface area (Å²) in [6.07, 6.45) is 0.253. The first kappa shape index (κ1) is 20.9. The van der Waals surface area contributed by atoms with Gasteiger partial charge in [-0.2, -0.15) is 5.26 Å². The molecule has 1 N–H and O–H groups in total. The number of hydrogen-bond acceptors (Lipinski definition) is 4. The van der Waals surface area contributed by atoms with Gasteiger partial charge in [-0.15, -0.1) is 23.7 Å². The van der Waals surface area contributed by atoms with Gasteiger partial charge in [-0.3, -0.25) is 4.79 Å². The van der Waals surface area contributed by atoms with Crippen LogP contribution in [-0.2, 0) is 18.3 Å². The van der Waals surface area contributed by atoms with E-state index < -0.39 is 0 Å². The van der Waals surface area contributed by atoms with Crippen molar-refractivity contribution in [3.63, 3.8) is 0 Å². The van der Waals surface area contributed by atoms with Crippen LogP contribution in [0.4, 0.5) is 11.4 Å². The Kier molecular flexibility index (Phi) is 7.36. The average molecular weight is 464 g/mol. The first-order valence-electron chi connectivity index (χ1n) is 7.79. The number of nitriles is 1. The lowest BCUT2D eigenvalue weighted by Crippen LogP contribution is -2.19. The Morgan fingerprint density at radius 2 is 1.89 bits per heavy atom. The van der Waals surface area contributed by atoms with Crippen molar-refractivity contribution >= 4 is 57.0 Å². The maximum atomic E-state index is 12.3. The second-order valence-electron chi connectivity index (χ2n) is 5.57. The van der Waals surface area contributed by atoms with Crippen LogP contribution in [0.25, 0.3) is 0 Å². The lowest BCUT2D eigenvalue weighted by atomic mass is 10.2. The number of aromatic nitrogens is 1. The van der Waals surface area contributed by atoms with Crippen LogP contribution in [0.2, 0.25) is 0 Å². The van der Waals surface area contributed by atoms with Gasteiger partial charge in [0.25, 0.3) is 0 Å². The Morgan fingerprint density at radius 1 is 1.22 bits per heavy atom. The van der Waals surface area contributed by atoms with Gasteiger partial charge in [0.15, 0.2) is 4.80 Å². The van der Waals surface area contributed by atoms with Gasteiger partial charge in [0.1, 0.15) is 0 Å². The van der Waals surface area contributed by atoms with Crippen molar-refractivity contribution < 1.29 is 4.79 Å². The molecule has 1 heterocycles. The van der Waals surface area contributed by atoms with Gasteiger partial charge in [-0.25, -0.2) is 4.99 Å². The summed E-state index contributed by atoms with van der Waals surface area (Å²) >= 11 is 4.90. The SMILES string of the molecule is Cl.Cn1c(CC(=O)Nc2ccc(C#N)cc2)csc1=Nc1ccc(Br)cc1. The van der Waals surface area contributed by atoms with Crippen LogP contribution < -0.4 is 10.1 Å². The average Bonchev–Trinajstić information content (AvgIpc) is 2.97. The van der Waals surface area contributed by atoms with E-state index in [9.17, 15) is 4.79 Å². The molecule has 3 rings (SSSR count). The van der Waals surface area contributed by atoms with Crippen LogP contribution in [0.5, 0.6) is 0 Å². The summed E-state index contributed by atoms with van der Waals surface area (Å²) in [6.45, 7) is 0. The third-order valence-corrected chi connectivity index (χ3v) is 5.20. The van der Waals surface area contributed by atoms with E-state index in [0.717, 1.165) is 20.7 Å². The number of benzene rings is 2. The van der Waals surface area contributed by atoms with E-state index in [2.05, 4.69) is 32.3 Å². The van der Waals surface area contributed by atoms with Crippen molar-refractivity contribution in [1.29, 1.82) is 5.26 Å². The molecule has 0 aliphatic carbocycles. The Labute approximate surface area is 175 Å². The summed E-state index contributed by atoms with van der Waals surface area (Å²) in [5.74, 6) is -0.113. The molecule has 0 spiro atoms. The molecule has 0 saturated heterocycles. The molecule has 0 radical (unpaired) electrons. The number of nitrogens with zero attached hydrogens (tertiary/aromatic N) is 3. The number of halogens is 2. The zero-order chi connectivity index (χ0) is 18.5. The molecule has 0 aliphatic heterocycles. The van der Waals surface area contributed by atoms with Gasteiger partial charge in [-0.05, 0) is 48.5 Å². The molecule has 0 aliphatic rings. The molecule has 0 fully saturated rings. The Bertz CT molecular complexity index is 1030. The largest absolute Gasteiger partial charge is 0.326 e. The zero-order valence-electron chi connectivity index (χ0n) is 14.3. The van der Waals surface area contributed by atoms with Crippen LogP contribution in [-0.4, -0.2) is 10.5 Å². The van der Waals surface area contributed by atoms with Gasteiger partial charge in [0, 0.05) is 28.3 Å². The number of carbonyl (C=O) groups is 1. The lowest BCUT2D eigenvalue weighted by Gasteiger charge is -2.06. The van der Waals surface area contributed by atoms with E-state index in [4.69, 9.17) is 5.26 Å². The maximum absolute atomic E-state index is 12.3.